The maximum Gasteiger partial charge on any atom is 0.244 e. The first-order valence-electron chi connectivity index (χ1n) is 9.37. The second-order valence-corrected chi connectivity index (χ2v) is 9.33. The molecule has 1 aromatic rings. The molecule has 1 amide bonds. The van der Waals surface area contributed by atoms with Crippen molar-refractivity contribution in [2.75, 3.05) is 0 Å². The lowest BCUT2D eigenvalue weighted by molar-refractivity contribution is -0.121. The normalized spacial score (nSPS) is 34.4. The number of benzene rings is 1. The fourth-order valence-corrected chi connectivity index (χ4v) is 6.22. The number of nitrogens with one attached hydrogen (secondary N) is 1. The van der Waals surface area contributed by atoms with Crippen LogP contribution >= 0.6 is 23.2 Å². The SMILES string of the molecule is CC(NC(=O)/C=C/c1ccc(Cl)c(Cl)c1)C12CC3CC(CC(C3)C1)C2. The van der Waals surface area contributed by atoms with E-state index in [9.17, 15) is 4.79 Å². The second kappa shape index (κ2) is 6.63. The van der Waals surface area contributed by atoms with Gasteiger partial charge in [0.15, 0.2) is 0 Å². The molecule has 4 fully saturated rings. The highest BCUT2D eigenvalue weighted by Crippen LogP contribution is 2.61. The van der Waals surface area contributed by atoms with Crippen molar-refractivity contribution >= 4 is 35.2 Å². The first kappa shape index (κ1) is 17.4. The van der Waals surface area contributed by atoms with E-state index in [1.54, 1.807) is 24.3 Å². The molecular weight excluding hydrogens is 353 g/mol. The van der Waals surface area contributed by atoms with E-state index in [0.717, 1.165) is 23.3 Å². The van der Waals surface area contributed by atoms with E-state index in [1.165, 1.54) is 38.5 Å². The van der Waals surface area contributed by atoms with Crippen LogP contribution in [0.15, 0.2) is 24.3 Å². The predicted molar refractivity (Wildman–Crippen MR) is 104 cm³/mol. The standard InChI is InChI=1S/C21H25Cl2NO/c1-13(21-10-15-6-16(11-21)8-17(7-15)12-21)24-20(25)5-3-14-2-4-18(22)19(23)9-14/h2-5,9,13,15-17H,6-8,10-12H2,1H3,(H,24,25)/b5-3+. The van der Waals surface area contributed by atoms with Crippen LogP contribution in [0.5, 0.6) is 0 Å². The minimum atomic E-state index is -0.0192. The fraction of sp³-hybridized carbons (Fsp3) is 0.571. The maximum absolute atomic E-state index is 12.4. The molecule has 25 heavy (non-hydrogen) atoms. The molecule has 0 radical (unpaired) electrons. The average Bonchev–Trinajstić information content (AvgIpc) is 2.54. The molecule has 5 rings (SSSR count). The van der Waals surface area contributed by atoms with Crippen LogP contribution in [0.4, 0.5) is 0 Å². The number of amides is 1. The van der Waals surface area contributed by atoms with Gasteiger partial charge in [-0.2, -0.15) is 0 Å². The maximum atomic E-state index is 12.4. The number of halogens is 2. The van der Waals surface area contributed by atoms with E-state index < -0.39 is 0 Å². The molecule has 1 unspecified atom stereocenters. The van der Waals surface area contributed by atoms with Gasteiger partial charge in [0, 0.05) is 12.1 Å². The van der Waals surface area contributed by atoms with E-state index in [-0.39, 0.29) is 11.9 Å². The molecule has 0 aliphatic heterocycles. The number of carbonyl (C=O) groups excluding carboxylic acids is 1. The lowest BCUT2D eigenvalue weighted by Crippen LogP contribution is -2.55. The first-order valence-corrected chi connectivity index (χ1v) is 10.1. The lowest BCUT2D eigenvalue weighted by atomic mass is 9.48. The molecule has 0 saturated heterocycles. The number of hydrogen-bond donors (Lipinski definition) is 1. The second-order valence-electron chi connectivity index (χ2n) is 8.52. The predicted octanol–water partition coefficient (Wildman–Crippen LogP) is 5.73. The van der Waals surface area contributed by atoms with E-state index in [1.807, 2.05) is 6.07 Å². The third-order valence-electron chi connectivity index (χ3n) is 6.73. The minimum Gasteiger partial charge on any atom is -0.350 e. The van der Waals surface area contributed by atoms with Crippen molar-refractivity contribution in [2.24, 2.45) is 23.2 Å². The van der Waals surface area contributed by atoms with Gasteiger partial charge in [-0.25, -0.2) is 0 Å². The van der Waals surface area contributed by atoms with Crippen LogP contribution in [0.3, 0.4) is 0 Å². The zero-order valence-corrected chi connectivity index (χ0v) is 16.1. The molecule has 4 aliphatic carbocycles. The third-order valence-corrected chi connectivity index (χ3v) is 7.47. The summed E-state index contributed by atoms with van der Waals surface area (Å²) in [5.74, 6) is 2.68. The van der Waals surface area contributed by atoms with Crippen molar-refractivity contribution in [3.8, 4) is 0 Å². The van der Waals surface area contributed by atoms with Crippen molar-refractivity contribution < 1.29 is 4.79 Å². The molecule has 1 N–H and O–H groups in total. The molecular formula is C21H25Cl2NO. The van der Waals surface area contributed by atoms with Crippen LogP contribution in [0.2, 0.25) is 10.0 Å². The zero-order valence-electron chi connectivity index (χ0n) is 14.6. The minimum absolute atomic E-state index is 0.0192. The number of carbonyl (C=O) groups is 1. The molecule has 1 atom stereocenters. The van der Waals surface area contributed by atoms with Gasteiger partial charge in [-0.15, -0.1) is 0 Å². The van der Waals surface area contributed by atoms with Crippen LogP contribution in [-0.2, 0) is 4.79 Å². The van der Waals surface area contributed by atoms with Crippen molar-refractivity contribution in [1.82, 2.24) is 5.32 Å². The Morgan fingerprint density at radius 3 is 2.28 bits per heavy atom. The third kappa shape index (κ3) is 3.48. The van der Waals surface area contributed by atoms with Crippen LogP contribution in [0, 0.1) is 23.2 Å². The molecule has 0 spiro atoms. The van der Waals surface area contributed by atoms with E-state index >= 15 is 0 Å². The largest absolute Gasteiger partial charge is 0.350 e. The van der Waals surface area contributed by atoms with Gasteiger partial charge in [0.25, 0.3) is 0 Å². The average molecular weight is 378 g/mol. The molecule has 4 aliphatic rings. The van der Waals surface area contributed by atoms with E-state index in [2.05, 4.69) is 12.2 Å². The fourth-order valence-electron chi connectivity index (χ4n) is 5.91. The van der Waals surface area contributed by atoms with Crippen LogP contribution in [-0.4, -0.2) is 11.9 Å². The Hall–Kier alpha value is -0.990. The Balaban J connectivity index is 1.40. The highest BCUT2D eigenvalue weighted by atomic mass is 35.5. The van der Waals surface area contributed by atoms with Gasteiger partial charge in [-0.1, -0.05) is 29.3 Å². The van der Waals surface area contributed by atoms with E-state index in [4.69, 9.17) is 23.2 Å². The Kier molecular flexibility index (Phi) is 4.62. The zero-order chi connectivity index (χ0) is 17.6. The van der Waals surface area contributed by atoms with E-state index in [0.29, 0.717) is 15.5 Å². The summed E-state index contributed by atoms with van der Waals surface area (Å²) < 4.78 is 0. The topological polar surface area (TPSA) is 29.1 Å². The summed E-state index contributed by atoms with van der Waals surface area (Å²) in [6.45, 7) is 2.21. The molecule has 4 bridgehead atoms. The molecule has 4 heteroatoms. The van der Waals surface area contributed by atoms with Gasteiger partial charge in [-0.05, 0) is 92.4 Å². The summed E-state index contributed by atoms with van der Waals surface area (Å²) in [6.07, 6.45) is 11.6. The summed E-state index contributed by atoms with van der Waals surface area (Å²) in [5, 5.41) is 4.28. The Bertz CT molecular complexity index is 677. The quantitative estimate of drug-likeness (QED) is 0.667. The monoisotopic (exact) mass is 377 g/mol. The molecule has 2 nitrogen and oxygen atoms in total. The highest BCUT2D eigenvalue weighted by Gasteiger charge is 2.53. The van der Waals surface area contributed by atoms with Crippen LogP contribution in [0.1, 0.15) is 51.0 Å². The summed E-state index contributed by atoms with van der Waals surface area (Å²) in [6, 6.07) is 5.63. The lowest BCUT2D eigenvalue weighted by Gasteiger charge is -2.59. The molecule has 4 saturated carbocycles. The Morgan fingerprint density at radius 1 is 1.12 bits per heavy atom. The van der Waals surface area contributed by atoms with Crippen LogP contribution < -0.4 is 5.32 Å². The van der Waals surface area contributed by atoms with Gasteiger partial charge in [0.1, 0.15) is 0 Å². The summed E-state index contributed by atoms with van der Waals surface area (Å²) in [5.41, 5.74) is 1.22. The number of rotatable bonds is 4. The van der Waals surface area contributed by atoms with Gasteiger partial charge in [0.05, 0.1) is 10.0 Å². The highest BCUT2D eigenvalue weighted by molar-refractivity contribution is 6.42. The van der Waals surface area contributed by atoms with Crippen LogP contribution in [0.25, 0.3) is 6.08 Å². The van der Waals surface area contributed by atoms with Crippen molar-refractivity contribution in [2.45, 2.75) is 51.5 Å². The van der Waals surface area contributed by atoms with Gasteiger partial charge in [0.2, 0.25) is 5.91 Å². The molecule has 134 valence electrons. The van der Waals surface area contributed by atoms with Gasteiger partial charge >= 0.3 is 0 Å². The Labute approximate surface area is 160 Å². The van der Waals surface area contributed by atoms with Gasteiger partial charge in [-0.3, -0.25) is 4.79 Å². The summed E-state index contributed by atoms with van der Waals surface area (Å²) in [4.78, 5) is 12.4. The molecule has 0 heterocycles. The first-order chi connectivity index (χ1) is 11.9. The van der Waals surface area contributed by atoms with Crippen molar-refractivity contribution in [1.29, 1.82) is 0 Å². The summed E-state index contributed by atoms with van der Waals surface area (Å²) in [7, 11) is 0. The summed E-state index contributed by atoms with van der Waals surface area (Å²) >= 11 is 12.0. The van der Waals surface area contributed by atoms with Gasteiger partial charge < -0.3 is 5.32 Å². The van der Waals surface area contributed by atoms with Crippen molar-refractivity contribution in [3.63, 3.8) is 0 Å². The van der Waals surface area contributed by atoms with Crippen molar-refractivity contribution in [3.05, 3.63) is 39.9 Å². The molecule has 0 aromatic heterocycles. The smallest absolute Gasteiger partial charge is 0.244 e. The number of hydrogen-bond acceptors (Lipinski definition) is 1. The Morgan fingerprint density at radius 2 is 1.72 bits per heavy atom. The molecule has 1 aromatic carbocycles.